The molecule has 1 aromatic carbocycles. The smallest absolute Gasteiger partial charge is 0.224 e. The molecule has 0 aromatic heterocycles. The summed E-state index contributed by atoms with van der Waals surface area (Å²) in [6, 6.07) is 5.86. The summed E-state index contributed by atoms with van der Waals surface area (Å²) in [5, 5.41) is 7.37. The highest BCUT2D eigenvalue weighted by molar-refractivity contribution is 6.30. The second kappa shape index (κ2) is 9.17. The van der Waals surface area contributed by atoms with Gasteiger partial charge < -0.3 is 26.0 Å². The Morgan fingerprint density at radius 2 is 2.22 bits per heavy atom. The molecule has 1 heterocycles. The third-order valence-electron chi connectivity index (χ3n) is 4.65. The van der Waals surface area contributed by atoms with E-state index >= 15 is 0 Å². The number of hydrogen-bond donors (Lipinski definition) is 3. The Balaban J connectivity index is 2.05. The Kier molecular flexibility index (Phi) is 7.18. The molecule has 0 bridgehead atoms. The number of carbonyl (C=O) groups excluding carboxylic acids is 1. The summed E-state index contributed by atoms with van der Waals surface area (Å²) in [5.41, 5.74) is 5.75. The topological polar surface area (TPSA) is 92.0 Å². The summed E-state index contributed by atoms with van der Waals surface area (Å²) in [7, 11) is 1.66. The maximum Gasteiger partial charge on any atom is 0.224 e. The van der Waals surface area contributed by atoms with Crippen LogP contribution < -0.4 is 26.0 Å². The van der Waals surface area contributed by atoms with Crippen LogP contribution in [-0.4, -0.2) is 51.2 Å². The fourth-order valence-electron chi connectivity index (χ4n) is 2.88. The molecule has 0 spiro atoms. The van der Waals surface area contributed by atoms with Gasteiger partial charge in [-0.3, -0.25) is 9.79 Å². The molecule has 1 unspecified atom stereocenters. The van der Waals surface area contributed by atoms with Crippen LogP contribution in [0.2, 0.25) is 5.02 Å². The summed E-state index contributed by atoms with van der Waals surface area (Å²) < 4.78 is 5.47. The number of hydrogen-bond acceptors (Lipinski definition) is 4. The fraction of sp³-hybridized carbons (Fsp3) is 0.579. The van der Waals surface area contributed by atoms with Crippen LogP contribution in [0.5, 0.6) is 5.75 Å². The van der Waals surface area contributed by atoms with Crippen molar-refractivity contribution < 1.29 is 9.53 Å². The van der Waals surface area contributed by atoms with E-state index in [1.807, 2.05) is 25.1 Å². The number of rotatable bonds is 7. The van der Waals surface area contributed by atoms with E-state index in [0.717, 1.165) is 37.5 Å². The lowest BCUT2D eigenvalue weighted by molar-refractivity contribution is -0.125. The number of nitrogens with one attached hydrogen (secondary N) is 2. The minimum atomic E-state index is -0.682. The van der Waals surface area contributed by atoms with Crippen LogP contribution in [0.3, 0.4) is 0 Å². The average molecular weight is 396 g/mol. The summed E-state index contributed by atoms with van der Waals surface area (Å²) in [5.74, 6) is 1.14. The monoisotopic (exact) mass is 395 g/mol. The predicted molar refractivity (Wildman–Crippen MR) is 111 cm³/mol. The highest BCUT2D eigenvalue weighted by atomic mass is 35.5. The normalized spacial score (nSPS) is 17.7. The number of nitrogens with two attached hydrogens (primary N) is 1. The van der Waals surface area contributed by atoms with E-state index < -0.39 is 5.41 Å². The van der Waals surface area contributed by atoms with Crippen LogP contribution in [0.4, 0.5) is 5.69 Å². The van der Waals surface area contributed by atoms with Crippen LogP contribution in [0.1, 0.15) is 27.2 Å². The quantitative estimate of drug-likeness (QED) is 0.485. The molecule has 8 heteroatoms. The Bertz CT molecular complexity index is 693. The van der Waals surface area contributed by atoms with Crippen molar-refractivity contribution in [1.82, 2.24) is 10.6 Å². The maximum atomic E-state index is 11.5. The molecule has 1 fully saturated rings. The number of ether oxygens (including phenoxy) is 1. The van der Waals surface area contributed by atoms with Crippen LogP contribution in [0.25, 0.3) is 0 Å². The van der Waals surface area contributed by atoms with Gasteiger partial charge >= 0.3 is 0 Å². The van der Waals surface area contributed by atoms with Gasteiger partial charge in [0.25, 0.3) is 0 Å². The SMILES string of the molecule is CCNC(=NCC(C)(C)C(N)=O)NC1CCN(c2cc(Cl)ccc2OC)C1. The van der Waals surface area contributed by atoms with Crippen molar-refractivity contribution in [2.75, 3.05) is 38.2 Å². The van der Waals surface area contributed by atoms with Crippen LogP contribution >= 0.6 is 11.6 Å². The van der Waals surface area contributed by atoms with Crippen LogP contribution in [0.15, 0.2) is 23.2 Å². The Morgan fingerprint density at radius 3 is 2.85 bits per heavy atom. The molecule has 150 valence electrons. The van der Waals surface area contributed by atoms with E-state index in [2.05, 4.69) is 20.5 Å². The lowest BCUT2D eigenvalue weighted by Gasteiger charge is -2.23. The zero-order valence-electron chi connectivity index (χ0n) is 16.5. The number of primary amides is 1. The maximum absolute atomic E-state index is 11.5. The van der Waals surface area contributed by atoms with Gasteiger partial charge in [-0.2, -0.15) is 0 Å². The molecule has 1 amide bonds. The van der Waals surface area contributed by atoms with Gasteiger partial charge in [0.2, 0.25) is 5.91 Å². The van der Waals surface area contributed by atoms with Crippen molar-refractivity contribution >= 4 is 29.2 Å². The Hall–Kier alpha value is -2.15. The minimum Gasteiger partial charge on any atom is -0.495 e. The summed E-state index contributed by atoms with van der Waals surface area (Å²) in [6.07, 6.45) is 0.958. The molecule has 0 radical (unpaired) electrons. The molecule has 7 nitrogen and oxygen atoms in total. The number of nitrogens with zero attached hydrogens (tertiary/aromatic N) is 2. The van der Waals surface area contributed by atoms with Gasteiger partial charge in [0.05, 0.1) is 24.8 Å². The lowest BCUT2D eigenvalue weighted by atomic mass is 9.93. The van der Waals surface area contributed by atoms with Gasteiger partial charge in [0, 0.05) is 30.7 Å². The third-order valence-corrected chi connectivity index (χ3v) is 4.89. The largest absolute Gasteiger partial charge is 0.495 e. The zero-order valence-corrected chi connectivity index (χ0v) is 17.3. The highest BCUT2D eigenvalue weighted by Crippen LogP contribution is 2.33. The van der Waals surface area contributed by atoms with E-state index in [1.165, 1.54) is 0 Å². The van der Waals surface area contributed by atoms with Crippen LogP contribution in [0, 0.1) is 5.41 Å². The van der Waals surface area contributed by atoms with Crippen molar-refractivity contribution in [2.24, 2.45) is 16.1 Å². The summed E-state index contributed by atoms with van der Waals surface area (Å²) in [6.45, 7) is 8.36. The van der Waals surface area contributed by atoms with E-state index in [1.54, 1.807) is 21.0 Å². The fourth-order valence-corrected chi connectivity index (χ4v) is 3.04. The van der Waals surface area contributed by atoms with Gasteiger partial charge in [-0.25, -0.2) is 0 Å². The van der Waals surface area contributed by atoms with Gasteiger partial charge in [-0.05, 0) is 45.4 Å². The van der Waals surface area contributed by atoms with Crippen LogP contribution in [-0.2, 0) is 4.79 Å². The molecular formula is C19H30ClN5O2. The van der Waals surface area contributed by atoms with Crippen molar-refractivity contribution in [3.63, 3.8) is 0 Å². The standard InChI is InChI=1S/C19H30ClN5O2/c1-5-22-18(23-12-19(2,3)17(21)26)24-14-8-9-25(11-14)15-10-13(20)6-7-16(15)27-4/h6-7,10,14H,5,8-9,11-12H2,1-4H3,(H2,21,26)(H2,22,23,24). The zero-order chi connectivity index (χ0) is 20.0. The van der Waals surface area contributed by atoms with Crippen molar-refractivity contribution in [3.8, 4) is 5.75 Å². The number of halogens is 1. The molecule has 0 aliphatic carbocycles. The number of amides is 1. The molecule has 1 aliphatic rings. The molecule has 2 rings (SSSR count). The number of anilines is 1. The van der Waals surface area contributed by atoms with Gasteiger partial charge in [-0.1, -0.05) is 11.6 Å². The number of guanidine groups is 1. The molecule has 27 heavy (non-hydrogen) atoms. The number of benzene rings is 1. The Labute approximate surface area is 166 Å². The molecule has 0 saturated carbocycles. The van der Waals surface area contributed by atoms with Crippen molar-refractivity contribution in [2.45, 2.75) is 33.2 Å². The number of methoxy groups -OCH3 is 1. The first-order valence-electron chi connectivity index (χ1n) is 9.20. The van der Waals surface area contributed by atoms with E-state index in [0.29, 0.717) is 17.5 Å². The first-order chi connectivity index (χ1) is 12.8. The van der Waals surface area contributed by atoms with E-state index in [4.69, 9.17) is 22.1 Å². The Morgan fingerprint density at radius 1 is 1.48 bits per heavy atom. The molecule has 4 N–H and O–H groups in total. The number of carbonyl (C=O) groups is 1. The molecule has 1 aliphatic heterocycles. The molecule has 1 aromatic rings. The first-order valence-corrected chi connectivity index (χ1v) is 9.58. The molecule has 1 atom stereocenters. The van der Waals surface area contributed by atoms with Gasteiger partial charge in [-0.15, -0.1) is 0 Å². The molecular weight excluding hydrogens is 366 g/mol. The van der Waals surface area contributed by atoms with E-state index in [9.17, 15) is 4.79 Å². The summed E-state index contributed by atoms with van der Waals surface area (Å²) in [4.78, 5) is 18.3. The van der Waals surface area contributed by atoms with Gasteiger partial charge in [0.15, 0.2) is 5.96 Å². The number of aliphatic imine (C=N–C) groups is 1. The highest BCUT2D eigenvalue weighted by Gasteiger charge is 2.27. The molecule has 1 saturated heterocycles. The van der Waals surface area contributed by atoms with E-state index in [-0.39, 0.29) is 11.9 Å². The second-order valence-electron chi connectivity index (χ2n) is 7.34. The average Bonchev–Trinajstić information content (AvgIpc) is 3.08. The van der Waals surface area contributed by atoms with Gasteiger partial charge in [0.1, 0.15) is 5.75 Å². The predicted octanol–water partition coefficient (Wildman–Crippen LogP) is 1.99. The second-order valence-corrected chi connectivity index (χ2v) is 7.77. The lowest BCUT2D eigenvalue weighted by Crippen LogP contribution is -2.45. The summed E-state index contributed by atoms with van der Waals surface area (Å²) >= 11 is 6.16. The minimum absolute atomic E-state index is 0.225. The van der Waals surface area contributed by atoms with Crippen molar-refractivity contribution in [1.29, 1.82) is 0 Å². The first kappa shape index (κ1) is 21.2. The van der Waals surface area contributed by atoms with Crippen molar-refractivity contribution in [3.05, 3.63) is 23.2 Å². The third kappa shape index (κ3) is 5.66.